The number of carbonyl (C=O) groups is 2. The Morgan fingerprint density at radius 3 is 2.62 bits per heavy atom. The van der Waals surface area contributed by atoms with E-state index in [-0.39, 0.29) is 18.9 Å². The van der Waals surface area contributed by atoms with Crippen molar-refractivity contribution in [2.24, 2.45) is 0 Å². The zero-order chi connectivity index (χ0) is 18.7. The number of amides is 1. The Bertz CT molecular complexity index is 802. The molecule has 0 aliphatic carbocycles. The van der Waals surface area contributed by atoms with Crippen molar-refractivity contribution in [3.05, 3.63) is 46.5 Å². The van der Waals surface area contributed by atoms with Crippen LogP contribution < -0.4 is 4.90 Å². The number of hydrogen-bond donors (Lipinski definition) is 0. The fourth-order valence-corrected chi connectivity index (χ4v) is 3.37. The SMILES string of the molecule is O=C(Cc1csc(N2CCCC2=O)n1)OCc1ccc(C(F)(F)F)cc1. The summed E-state index contributed by atoms with van der Waals surface area (Å²) in [6.07, 6.45) is -3.15. The van der Waals surface area contributed by atoms with Gasteiger partial charge in [0.25, 0.3) is 0 Å². The first kappa shape index (κ1) is 18.4. The molecule has 1 fully saturated rings. The Morgan fingerprint density at radius 1 is 1.27 bits per heavy atom. The third kappa shape index (κ3) is 4.40. The van der Waals surface area contributed by atoms with Crippen LogP contribution in [0.4, 0.5) is 18.3 Å². The molecule has 0 unspecified atom stereocenters. The molecule has 1 aromatic heterocycles. The fraction of sp³-hybridized carbons (Fsp3) is 0.353. The zero-order valence-corrected chi connectivity index (χ0v) is 14.4. The predicted molar refractivity (Wildman–Crippen MR) is 88.6 cm³/mol. The van der Waals surface area contributed by atoms with Gasteiger partial charge >= 0.3 is 12.1 Å². The van der Waals surface area contributed by atoms with Crippen LogP contribution in [0, 0.1) is 0 Å². The second kappa shape index (κ2) is 7.45. The summed E-state index contributed by atoms with van der Waals surface area (Å²) in [7, 11) is 0. The highest BCUT2D eigenvalue weighted by Crippen LogP contribution is 2.29. The minimum atomic E-state index is -4.39. The molecular weight excluding hydrogens is 369 g/mol. The molecule has 1 aliphatic heterocycles. The van der Waals surface area contributed by atoms with E-state index in [0.29, 0.717) is 29.4 Å². The highest BCUT2D eigenvalue weighted by Gasteiger charge is 2.30. The number of hydrogen-bond acceptors (Lipinski definition) is 5. The standard InChI is InChI=1S/C17H15F3N2O3S/c18-17(19,20)12-5-3-11(4-6-12)9-25-15(24)8-13-10-26-16(21-13)22-7-1-2-14(22)23/h3-6,10H,1-2,7-9H2. The highest BCUT2D eigenvalue weighted by molar-refractivity contribution is 7.14. The van der Waals surface area contributed by atoms with Crippen LogP contribution in [0.2, 0.25) is 0 Å². The normalized spacial score (nSPS) is 14.7. The summed E-state index contributed by atoms with van der Waals surface area (Å²) in [5.41, 5.74) is 0.217. The Morgan fingerprint density at radius 2 is 2.00 bits per heavy atom. The van der Waals surface area contributed by atoms with Crippen molar-refractivity contribution >= 4 is 28.3 Å². The van der Waals surface area contributed by atoms with Crippen molar-refractivity contribution < 1.29 is 27.5 Å². The number of anilines is 1. The minimum Gasteiger partial charge on any atom is -0.461 e. The third-order valence-electron chi connectivity index (χ3n) is 3.85. The predicted octanol–water partition coefficient (Wildman–Crippen LogP) is 3.57. The molecule has 3 rings (SSSR count). The topological polar surface area (TPSA) is 59.5 Å². The number of aromatic nitrogens is 1. The molecule has 138 valence electrons. The van der Waals surface area contributed by atoms with Crippen LogP contribution in [0.3, 0.4) is 0 Å². The first-order valence-electron chi connectivity index (χ1n) is 7.89. The fourth-order valence-electron chi connectivity index (χ4n) is 2.50. The smallest absolute Gasteiger partial charge is 0.416 e. The van der Waals surface area contributed by atoms with Crippen molar-refractivity contribution in [1.82, 2.24) is 4.98 Å². The molecule has 1 aromatic carbocycles. The monoisotopic (exact) mass is 384 g/mol. The second-order valence-corrected chi connectivity index (χ2v) is 6.64. The number of benzene rings is 1. The van der Waals surface area contributed by atoms with Crippen LogP contribution >= 0.6 is 11.3 Å². The average molecular weight is 384 g/mol. The molecule has 0 N–H and O–H groups in total. The van der Waals surface area contributed by atoms with Crippen LogP contribution in [0.1, 0.15) is 29.7 Å². The van der Waals surface area contributed by atoms with Crippen LogP contribution in [-0.4, -0.2) is 23.4 Å². The second-order valence-electron chi connectivity index (χ2n) is 5.80. The molecule has 0 atom stereocenters. The van der Waals surface area contributed by atoms with Gasteiger partial charge in [-0.25, -0.2) is 4.98 Å². The number of nitrogens with zero attached hydrogens (tertiary/aromatic N) is 2. The van der Waals surface area contributed by atoms with Crippen LogP contribution in [-0.2, 0) is 33.5 Å². The number of halogens is 3. The zero-order valence-electron chi connectivity index (χ0n) is 13.6. The first-order valence-corrected chi connectivity index (χ1v) is 8.77. The Hall–Kier alpha value is -2.42. The van der Waals surface area contributed by atoms with Crippen molar-refractivity contribution in [3.63, 3.8) is 0 Å². The lowest BCUT2D eigenvalue weighted by atomic mass is 10.1. The van der Waals surface area contributed by atoms with E-state index in [1.807, 2.05) is 0 Å². The third-order valence-corrected chi connectivity index (χ3v) is 4.76. The van der Waals surface area contributed by atoms with Gasteiger partial charge in [0.05, 0.1) is 17.7 Å². The van der Waals surface area contributed by atoms with E-state index in [9.17, 15) is 22.8 Å². The van der Waals surface area contributed by atoms with Crippen molar-refractivity contribution in [2.45, 2.75) is 32.0 Å². The molecule has 0 radical (unpaired) electrons. The maximum atomic E-state index is 12.5. The quantitative estimate of drug-likeness (QED) is 0.740. The molecule has 5 nitrogen and oxygen atoms in total. The number of alkyl halides is 3. The van der Waals surface area contributed by atoms with Gasteiger partial charge in [0, 0.05) is 18.3 Å². The molecule has 2 aromatic rings. The van der Waals surface area contributed by atoms with Gasteiger partial charge in [0.1, 0.15) is 6.61 Å². The maximum Gasteiger partial charge on any atom is 0.416 e. The van der Waals surface area contributed by atoms with Crippen LogP contribution in [0.5, 0.6) is 0 Å². The van der Waals surface area contributed by atoms with Crippen LogP contribution in [0.15, 0.2) is 29.6 Å². The minimum absolute atomic E-state index is 0.0239. The Balaban J connectivity index is 1.51. The first-order chi connectivity index (χ1) is 12.3. The van der Waals surface area contributed by atoms with E-state index in [1.165, 1.54) is 23.5 Å². The van der Waals surface area contributed by atoms with Crippen molar-refractivity contribution in [1.29, 1.82) is 0 Å². The summed E-state index contributed by atoms with van der Waals surface area (Å²) in [4.78, 5) is 29.4. The Kier molecular flexibility index (Phi) is 5.26. The molecule has 26 heavy (non-hydrogen) atoms. The summed E-state index contributed by atoms with van der Waals surface area (Å²) in [6.45, 7) is 0.517. The summed E-state index contributed by atoms with van der Waals surface area (Å²) >= 11 is 1.29. The van der Waals surface area contributed by atoms with Gasteiger partial charge in [-0.2, -0.15) is 13.2 Å². The highest BCUT2D eigenvalue weighted by atomic mass is 32.1. The molecule has 0 bridgehead atoms. The molecule has 1 aliphatic rings. The van der Waals surface area contributed by atoms with Gasteiger partial charge in [-0.3, -0.25) is 14.5 Å². The Labute approximate surface area is 151 Å². The van der Waals surface area contributed by atoms with Gasteiger partial charge in [0.15, 0.2) is 5.13 Å². The molecule has 1 amide bonds. The lowest BCUT2D eigenvalue weighted by Crippen LogP contribution is -2.23. The number of esters is 1. The average Bonchev–Trinajstić information content (AvgIpc) is 3.21. The maximum absolute atomic E-state index is 12.5. The lowest BCUT2D eigenvalue weighted by molar-refractivity contribution is -0.144. The van der Waals surface area contributed by atoms with E-state index < -0.39 is 17.7 Å². The number of rotatable bonds is 5. The molecular formula is C17H15F3N2O3S. The van der Waals surface area contributed by atoms with Crippen LogP contribution in [0.25, 0.3) is 0 Å². The molecule has 9 heteroatoms. The van der Waals surface area contributed by atoms with E-state index in [4.69, 9.17) is 4.74 Å². The van der Waals surface area contributed by atoms with Gasteiger partial charge in [0.2, 0.25) is 5.91 Å². The number of carbonyl (C=O) groups excluding carboxylic acids is 2. The summed E-state index contributed by atoms with van der Waals surface area (Å²) < 4.78 is 42.6. The van der Waals surface area contributed by atoms with Gasteiger partial charge in [-0.15, -0.1) is 11.3 Å². The molecule has 1 saturated heterocycles. The molecule has 0 saturated carbocycles. The van der Waals surface area contributed by atoms with E-state index in [1.54, 1.807) is 10.3 Å². The number of thiazole rings is 1. The van der Waals surface area contributed by atoms with Gasteiger partial charge < -0.3 is 4.74 Å². The number of ether oxygens (including phenoxy) is 1. The van der Waals surface area contributed by atoms with Gasteiger partial charge in [-0.1, -0.05) is 12.1 Å². The summed E-state index contributed by atoms with van der Waals surface area (Å²) in [5.74, 6) is -0.509. The van der Waals surface area contributed by atoms with Crippen molar-refractivity contribution in [2.75, 3.05) is 11.4 Å². The summed E-state index contributed by atoms with van der Waals surface area (Å²) in [6, 6.07) is 4.44. The van der Waals surface area contributed by atoms with Crippen molar-refractivity contribution in [3.8, 4) is 0 Å². The largest absolute Gasteiger partial charge is 0.461 e. The molecule has 0 spiro atoms. The van der Waals surface area contributed by atoms with E-state index in [0.717, 1.165) is 18.6 Å². The summed E-state index contributed by atoms with van der Waals surface area (Å²) in [5, 5.41) is 2.26. The molecule has 2 heterocycles. The lowest BCUT2D eigenvalue weighted by Gasteiger charge is -2.10. The van der Waals surface area contributed by atoms with E-state index in [2.05, 4.69) is 4.98 Å². The van der Waals surface area contributed by atoms with Gasteiger partial charge in [-0.05, 0) is 24.1 Å². The van der Waals surface area contributed by atoms with E-state index >= 15 is 0 Å².